The van der Waals surface area contributed by atoms with E-state index in [1.165, 1.54) is 19.2 Å². The summed E-state index contributed by atoms with van der Waals surface area (Å²) in [4.78, 5) is 8.60. The molecule has 1 fully saturated rings. The van der Waals surface area contributed by atoms with Gasteiger partial charge >= 0.3 is 6.02 Å². The van der Waals surface area contributed by atoms with Gasteiger partial charge in [0.15, 0.2) is 5.71 Å². The van der Waals surface area contributed by atoms with E-state index in [0.717, 1.165) is 18.4 Å². The van der Waals surface area contributed by atoms with E-state index in [1.807, 2.05) is 13.0 Å². The maximum absolute atomic E-state index is 13.1. The van der Waals surface area contributed by atoms with Crippen molar-refractivity contribution in [1.82, 2.24) is 0 Å². The number of hydrogen-bond acceptors (Lipinski definition) is 5. The summed E-state index contributed by atoms with van der Waals surface area (Å²) in [5.41, 5.74) is 1.16. The summed E-state index contributed by atoms with van der Waals surface area (Å²) >= 11 is 0. The molecule has 0 saturated heterocycles. The van der Waals surface area contributed by atoms with Crippen LogP contribution >= 0.6 is 0 Å². The van der Waals surface area contributed by atoms with Crippen molar-refractivity contribution in [2.24, 2.45) is 26.1 Å². The zero-order chi connectivity index (χ0) is 18.2. The Bertz CT molecular complexity index is 733. The minimum atomic E-state index is -0.533. The van der Waals surface area contributed by atoms with Crippen LogP contribution in [0.3, 0.4) is 0 Å². The maximum atomic E-state index is 13.1. The lowest BCUT2D eigenvalue weighted by molar-refractivity contribution is 0.392. The number of nitriles is 1. The largest absolute Gasteiger partial charge is 0.467 e. The third-order valence-electron chi connectivity index (χ3n) is 3.93. The Morgan fingerprint density at radius 2 is 2.20 bits per heavy atom. The third-order valence-corrected chi connectivity index (χ3v) is 3.93. The molecule has 0 amide bonds. The lowest BCUT2D eigenvalue weighted by Gasteiger charge is -2.11. The van der Waals surface area contributed by atoms with Crippen LogP contribution < -0.4 is 0 Å². The molecule has 25 heavy (non-hydrogen) atoms. The van der Waals surface area contributed by atoms with Crippen LogP contribution in [-0.4, -0.2) is 37.8 Å². The molecule has 0 N–H and O–H groups in total. The lowest BCUT2D eigenvalue weighted by Crippen LogP contribution is -2.22. The van der Waals surface area contributed by atoms with Gasteiger partial charge in [-0.25, -0.2) is 14.4 Å². The van der Waals surface area contributed by atoms with Gasteiger partial charge in [0.25, 0.3) is 0 Å². The van der Waals surface area contributed by atoms with Crippen molar-refractivity contribution in [2.45, 2.75) is 31.7 Å². The number of halogens is 1. The number of hydrogen-bond donors (Lipinski definition) is 0. The van der Waals surface area contributed by atoms with Crippen LogP contribution in [-0.2, 0) is 4.74 Å². The van der Waals surface area contributed by atoms with Crippen LogP contribution in [0.4, 0.5) is 4.39 Å². The van der Waals surface area contributed by atoms with Gasteiger partial charge in [0, 0.05) is 12.9 Å². The highest BCUT2D eigenvalue weighted by Crippen LogP contribution is 2.50. The summed E-state index contributed by atoms with van der Waals surface area (Å²) in [6.45, 7) is 5.25. The molecule has 1 aliphatic rings. The van der Waals surface area contributed by atoms with E-state index in [9.17, 15) is 9.65 Å². The van der Waals surface area contributed by atoms with Gasteiger partial charge in [-0.1, -0.05) is 19.1 Å². The second-order valence-corrected chi connectivity index (χ2v) is 5.58. The molecule has 0 radical (unpaired) electrons. The predicted molar refractivity (Wildman–Crippen MR) is 96.9 cm³/mol. The van der Waals surface area contributed by atoms with Crippen molar-refractivity contribution >= 4 is 24.7 Å². The average Bonchev–Trinajstić information content (AvgIpc) is 3.41. The van der Waals surface area contributed by atoms with Gasteiger partial charge in [-0.15, -0.1) is 5.10 Å². The lowest BCUT2D eigenvalue weighted by atomic mass is 10.0. The molecule has 0 heterocycles. The van der Waals surface area contributed by atoms with Gasteiger partial charge in [0.05, 0.1) is 7.11 Å². The Morgan fingerprint density at radius 3 is 2.76 bits per heavy atom. The summed E-state index contributed by atoms with van der Waals surface area (Å²) in [5, 5.41) is 16.7. The molecule has 1 aromatic carbocycles. The molecule has 2 rings (SSSR count). The van der Waals surface area contributed by atoms with Crippen LogP contribution in [0.5, 0.6) is 0 Å². The molecular weight excluding hydrogens is 321 g/mol. The first-order valence-electron chi connectivity index (χ1n) is 7.98. The summed E-state index contributed by atoms with van der Waals surface area (Å²) in [6, 6.07) is 8.05. The quantitative estimate of drug-likeness (QED) is 0.451. The molecule has 1 aliphatic carbocycles. The SMILES string of the molecule is C=N/N=C(/C#N)C(N=C(/N=C\CC)OC)C1CC1c1ccc(F)cc1. The fourth-order valence-electron chi connectivity index (χ4n) is 2.67. The molecule has 1 aromatic rings. The number of rotatable bonds is 6. The van der Waals surface area contributed by atoms with Crippen molar-refractivity contribution in [2.75, 3.05) is 7.11 Å². The highest BCUT2D eigenvalue weighted by atomic mass is 19.1. The summed E-state index contributed by atoms with van der Waals surface area (Å²) < 4.78 is 18.3. The molecule has 0 spiro atoms. The number of methoxy groups -OCH3 is 1. The van der Waals surface area contributed by atoms with Crippen molar-refractivity contribution in [3.05, 3.63) is 35.6 Å². The summed E-state index contributed by atoms with van der Waals surface area (Å²) in [6.07, 6.45) is 3.23. The molecule has 6 nitrogen and oxygen atoms in total. The molecule has 3 unspecified atom stereocenters. The topological polar surface area (TPSA) is 82.5 Å². The van der Waals surface area contributed by atoms with Gasteiger partial charge in [-0.2, -0.15) is 10.4 Å². The van der Waals surface area contributed by atoms with E-state index in [0.29, 0.717) is 0 Å². The normalized spacial score (nSPS) is 21.7. The fourth-order valence-corrected chi connectivity index (χ4v) is 2.67. The van der Waals surface area contributed by atoms with Crippen LogP contribution in [0, 0.1) is 23.1 Å². The van der Waals surface area contributed by atoms with Crippen LogP contribution in [0.15, 0.2) is 44.5 Å². The third kappa shape index (κ3) is 4.80. The maximum Gasteiger partial charge on any atom is 0.311 e. The average molecular weight is 341 g/mol. The van der Waals surface area contributed by atoms with E-state index in [-0.39, 0.29) is 29.4 Å². The molecule has 0 aromatic heterocycles. The molecule has 0 bridgehead atoms. The van der Waals surface area contributed by atoms with Gasteiger partial charge in [-0.3, -0.25) is 0 Å². The standard InChI is InChI=1S/C18H20FN5O/c1-4-9-22-18(25-3)23-17(16(11-20)24-21-2)15-10-14(15)12-5-7-13(19)8-6-12/h5-9,14-15,17H,2,4,10H2,1,3H3/b22-9-,23-18?,24-16-. The Kier molecular flexibility index (Phi) is 6.52. The molecule has 7 heteroatoms. The molecular formula is C18H20FN5O. The van der Waals surface area contributed by atoms with E-state index < -0.39 is 6.04 Å². The van der Waals surface area contributed by atoms with Crippen molar-refractivity contribution in [3.8, 4) is 6.07 Å². The number of nitrogens with zero attached hydrogens (tertiary/aromatic N) is 5. The Hall–Kier alpha value is -2.88. The molecule has 1 saturated carbocycles. The second-order valence-electron chi connectivity index (χ2n) is 5.58. The number of benzene rings is 1. The van der Waals surface area contributed by atoms with Gasteiger partial charge in [0.2, 0.25) is 0 Å². The first-order chi connectivity index (χ1) is 12.1. The predicted octanol–water partition coefficient (Wildman–Crippen LogP) is 3.36. The number of aliphatic imine (C=N–C) groups is 2. The van der Waals surface area contributed by atoms with Crippen LogP contribution in [0.25, 0.3) is 0 Å². The second kappa shape index (κ2) is 8.83. The van der Waals surface area contributed by atoms with Crippen molar-refractivity contribution in [1.29, 1.82) is 5.26 Å². The smallest absolute Gasteiger partial charge is 0.311 e. The van der Waals surface area contributed by atoms with Crippen LogP contribution in [0.1, 0.15) is 31.2 Å². The Balaban J connectivity index is 2.30. The highest BCUT2D eigenvalue weighted by Gasteiger charge is 2.46. The van der Waals surface area contributed by atoms with Gasteiger partial charge in [-0.05, 0) is 42.4 Å². The number of amidine groups is 1. The van der Waals surface area contributed by atoms with E-state index in [2.05, 4.69) is 26.9 Å². The summed E-state index contributed by atoms with van der Waals surface area (Å²) in [7, 11) is 1.47. The Labute approximate surface area is 146 Å². The highest BCUT2D eigenvalue weighted by molar-refractivity contribution is 6.04. The molecule has 130 valence electrons. The Morgan fingerprint density at radius 1 is 1.48 bits per heavy atom. The fraction of sp³-hybridized carbons (Fsp3) is 0.389. The first kappa shape index (κ1) is 18.5. The zero-order valence-corrected chi connectivity index (χ0v) is 14.3. The zero-order valence-electron chi connectivity index (χ0n) is 14.3. The summed E-state index contributed by atoms with van der Waals surface area (Å²) in [5.74, 6) is -0.0557. The van der Waals surface area contributed by atoms with E-state index in [4.69, 9.17) is 4.74 Å². The first-order valence-corrected chi connectivity index (χ1v) is 7.98. The van der Waals surface area contributed by atoms with Crippen molar-refractivity contribution < 1.29 is 9.13 Å². The van der Waals surface area contributed by atoms with Crippen LogP contribution in [0.2, 0.25) is 0 Å². The molecule has 0 aliphatic heterocycles. The minimum absolute atomic E-state index is 0.0487. The monoisotopic (exact) mass is 341 g/mol. The van der Waals surface area contributed by atoms with Gasteiger partial charge in [0.1, 0.15) is 17.9 Å². The minimum Gasteiger partial charge on any atom is -0.467 e. The van der Waals surface area contributed by atoms with E-state index >= 15 is 0 Å². The van der Waals surface area contributed by atoms with Crippen molar-refractivity contribution in [3.63, 3.8) is 0 Å². The number of ether oxygens (including phenoxy) is 1. The van der Waals surface area contributed by atoms with Gasteiger partial charge < -0.3 is 4.74 Å². The molecule has 3 atom stereocenters. The van der Waals surface area contributed by atoms with E-state index in [1.54, 1.807) is 18.3 Å².